The SMILES string of the molecule is COc1ccc(C(=O)Oc2ccccc2/C=C/C(=O)c2ccc(-c3ccccc3)cc2)cc1OC. The molecule has 174 valence electrons. The van der Waals surface area contributed by atoms with Crippen LogP contribution in [-0.4, -0.2) is 26.0 Å². The second-order valence-corrected chi connectivity index (χ2v) is 7.64. The van der Waals surface area contributed by atoms with Gasteiger partial charge in [-0.25, -0.2) is 4.79 Å². The Morgan fingerprint density at radius 3 is 1.97 bits per heavy atom. The molecule has 5 heteroatoms. The third kappa shape index (κ3) is 5.65. The van der Waals surface area contributed by atoms with Gasteiger partial charge in [0.1, 0.15) is 5.75 Å². The van der Waals surface area contributed by atoms with Gasteiger partial charge in [-0.1, -0.05) is 72.8 Å². The van der Waals surface area contributed by atoms with E-state index in [2.05, 4.69) is 0 Å². The number of benzene rings is 4. The van der Waals surface area contributed by atoms with Crippen molar-refractivity contribution in [1.29, 1.82) is 0 Å². The van der Waals surface area contributed by atoms with Gasteiger partial charge >= 0.3 is 5.97 Å². The van der Waals surface area contributed by atoms with Crippen LogP contribution in [0.1, 0.15) is 26.3 Å². The number of methoxy groups -OCH3 is 2. The summed E-state index contributed by atoms with van der Waals surface area (Å²) in [5.41, 5.74) is 3.62. The second-order valence-electron chi connectivity index (χ2n) is 7.64. The van der Waals surface area contributed by atoms with Crippen LogP contribution in [0.2, 0.25) is 0 Å². The van der Waals surface area contributed by atoms with Crippen LogP contribution in [0.5, 0.6) is 17.2 Å². The van der Waals surface area contributed by atoms with Crippen molar-refractivity contribution in [2.75, 3.05) is 14.2 Å². The molecule has 35 heavy (non-hydrogen) atoms. The first-order valence-corrected chi connectivity index (χ1v) is 11.0. The van der Waals surface area contributed by atoms with Crippen LogP contribution in [0.3, 0.4) is 0 Å². The average molecular weight is 465 g/mol. The van der Waals surface area contributed by atoms with E-state index in [0.29, 0.717) is 33.9 Å². The van der Waals surface area contributed by atoms with Crippen LogP contribution in [0, 0.1) is 0 Å². The van der Waals surface area contributed by atoms with Crippen molar-refractivity contribution in [2.45, 2.75) is 0 Å². The van der Waals surface area contributed by atoms with Gasteiger partial charge in [-0.05, 0) is 47.5 Å². The van der Waals surface area contributed by atoms with E-state index in [1.165, 1.54) is 20.3 Å². The Morgan fingerprint density at radius 1 is 0.629 bits per heavy atom. The maximum Gasteiger partial charge on any atom is 0.343 e. The van der Waals surface area contributed by atoms with E-state index in [1.54, 1.807) is 54.6 Å². The van der Waals surface area contributed by atoms with E-state index in [-0.39, 0.29) is 5.78 Å². The topological polar surface area (TPSA) is 61.8 Å². The van der Waals surface area contributed by atoms with Crippen LogP contribution >= 0.6 is 0 Å². The lowest BCUT2D eigenvalue weighted by atomic mass is 10.0. The van der Waals surface area contributed by atoms with Crippen molar-refractivity contribution in [1.82, 2.24) is 0 Å². The predicted molar refractivity (Wildman–Crippen MR) is 136 cm³/mol. The fraction of sp³-hybridized carbons (Fsp3) is 0.0667. The Morgan fingerprint density at radius 2 is 1.26 bits per heavy atom. The summed E-state index contributed by atoms with van der Waals surface area (Å²) in [5, 5.41) is 0. The number of para-hydroxylation sites is 1. The Bertz CT molecular complexity index is 1360. The number of ether oxygens (including phenoxy) is 3. The number of hydrogen-bond donors (Lipinski definition) is 0. The third-order valence-corrected chi connectivity index (χ3v) is 5.43. The molecule has 4 rings (SSSR count). The fourth-order valence-electron chi connectivity index (χ4n) is 3.55. The van der Waals surface area contributed by atoms with Crippen molar-refractivity contribution in [3.8, 4) is 28.4 Å². The van der Waals surface area contributed by atoms with Gasteiger partial charge < -0.3 is 14.2 Å². The lowest BCUT2D eigenvalue weighted by Crippen LogP contribution is -2.09. The van der Waals surface area contributed by atoms with Gasteiger partial charge in [-0.3, -0.25) is 4.79 Å². The van der Waals surface area contributed by atoms with Gasteiger partial charge in [0.2, 0.25) is 0 Å². The van der Waals surface area contributed by atoms with Crippen molar-refractivity contribution in [3.05, 3.63) is 120 Å². The number of ketones is 1. The molecule has 4 aromatic rings. The molecule has 0 saturated heterocycles. The Hall–Kier alpha value is -4.64. The molecule has 0 aliphatic rings. The van der Waals surface area contributed by atoms with E-state index < -0.39 is 5.97 Å². The average Bonchev–Trinajstić information content (AvgIpc) is 2.92. The first kappa shape index (κ1) is 23.5. The zero-order valence-corrected chi connectivity index (χ0v) is 19.4. The lowest BCUT2D eigenvalue weighted by molar-refractivity contribution is 0.0733. The smallest absolute Gasteiger partial charge is 0.343 e. The Kier molecular flexibility index (Phi) is 7.38. The molecular formula is C30H24O5. The number of allylic oxidation sites excluding steroid dienone is 1. The first-order valence-electron chi connectivity index (χ1n) is 11.0. The van der Waals surface area contributed by atoms with E-state index in [4.69, 9.17) is 14.2 Å². The van der Waals surface area contributed by atoms with Crippen molar-refractivity contribution in [3.63, 3.8) is 0 Å². The van der Waals surface area contributed by atoms with Gasteiger partial charge in [-0.2, -0.15) is 0 Å². The lowest BCUT2D eigenvalue weighted by Gasteiger charge is -2.10. The number of rotatable bonds is 8. The summed E-state index contributed by atoms with van der Waals surface area (Å²) in [7, 11) is 3.02. The zero-order valence-electron chi connectivity index (χ0n) is 19.4. The molecule has 5 nitrogen and oxygen atoms in total. The largest absolute Gasteiger partial charge is 0.493 e. The van der Waals surface area contributed by atoms with Gasteiger partial charge in [-0.15, -0.1) is 0 Å². The van der Waals surface area contributed by atoms with Gasteiger partial charge in [0.15, 0.2) is 17.3 Å². The van der Waals surface area contributed by atoms with Crippen LogP contribution in [0.4, 0.5) is 0 Å². The highest BCUT2D eigenvalue weighted by Gasteiger charge is 2.14. The molecule has 4 aromatic carbocycles. The minimum Gasteiger partial charge on any atom is -0.493 e. The summed E-state index contributed by atoms with van der Waals surface area (Å²) in [4.78, 5) is 25.5. The molecule has 0 radical (unpaired) electrons. The summed E-state index contributed by atoms with van der Waals surface area (Å²) in [5.74, 6) is 0.595. The quantitative estimate of drug-likeness (QED) is 0.129. The van der Waals surface area contributed by atoms with E-state index in [1.807, 2.05) is 48.5 Å². The standard InChI is InChI=1S/C30H24O5/c1-33-28-19-17-25(20-29(28)34-2)30(32)35-27-11-7-6-10-24(27)16-18-26(31)23-14-12-22(13-15-23)21-8-4-3-5-9-21/h3-20H,1-2H3/b18-16+. The Balaban J connectivity index is 1.48. The van der Waals surface area contributed by atoms with E-state index in [9.17, 15) is 9.59 Å². The molecule has 0 N–H and O–H groups in total. The van der Waals surface area contributed by atoms with Crippen molar-refractivity contribution in [2.24, 2.45) is 0 Å². The summed E-state index contributed by atoms with van der Waals surface area (Å²) in [6, 6.07) is 29.3. The minimum atomic E-state index is -0.547. The monoisotopic (exact) mass is 464 g/mol. The van der Waals surface area contributed by atoms with Crippen molar-refractivity contribution >= 4 is 17.8 Å². The molecule has 0 aliphatic heterocycles. The molecule has 0 heterocycles. The number of carbonyl (C=O) groups is 2. The molecule has 0 spiro atoms. The highest BCUT2D eigenvalue weighted by molar-refractivity contribution is 6.07. The number of hydrogen-bond acceptors (Lipinski definition) is 5. The number of carbonyl (C=O) groups excluding carboxylic acids is 2. The highest BCUT2D eigenvalue weighted by atomic mass is 16.5. The third-order valence-electron chi connectivity index (χ3n) is 5.43. The summed E-state index contributed by atoms with van der Waals surface area (Å²) < 4.78 is 16.1. The molecule has 0 bridgehead atoms. The molecule has 0 aliphatic carbocycles. The van der Waals surface area contributed by atoms with Gasteiger partial charge in [0.25, 0.3) is 0 Å². The first-order chi connectivity index (χ1) is 17.1. The molecule has 0 atom stereocenters. The fourth-order valence-corrected chi connectivity index (χ4v) is 3.55. The van der Waals surface area contributed by atoms with Crippen LogP contribution in [0.15, 0.2) is 103 Å². The summed E-state index contributed by atoms with van der Waals surface area (Å²) in [6.45, 7) is 0. The predicted octanol–water partition coefficient (Wildman–Crippen LogP) is 6.49. The summed E-state index contributed by atoms with van der Waals surface area (Å²) >= 11 is 0. The minimum absolute atomic E-state index is 0.148. The van der Waals surface area contributed by atoms with Gasteiger partial charge in [0, 0.05) is 11.1 Å². The molecule has 0 unspecified atom stereocenters. The second kappa shape index (κ2) is 11.0. The number of esters is 1. The van der Waals surface area contributed by atoms with Gasteiger partial charge in [0.05, 0.1) is 19.8 Å². The van der Waals surface area contributed by atoms with Crippen LogP contribution < -0.4 is 14.2 Å². The van der Waals surface area contributed by atoms with Crippen LogP contribution in [0.25, 0.3) is 17.2 Å². The highest BCUT2D eigenvalue weighted by Crippen LogP contribution is 2.29. The molecule has 0 amide bonds. The van der Waals surface area contributed by atoms with Crippen LogP contribution in [-0.2, 0) is 0 Å². The molecule has 0 fully saturated rings. The van der Waals surface area contributed by atoms with E-state index in [0.717, 1.165) is 11.1 Å². The maximum atomic E-state index is 12.7. The molecular weight excluding hydrogens is 440 g/mol. The van der Waals surface area contributed by atoms with Crippen molar-refractivity contribution < 1.29 is 23.8 Å². The maximum absolute atomic E-state index is 12.7. The normalized spacial score (nSPS) is 10.7. The molecule has 0 aromatic heterocycles. The molecule has 0 saturated carbocycles. The van der Waals surface area contributed by atoms with E-state index >= 15 is 0 Å². The zero-order chi connectivity index (χ0) is 24.6. The summed E-state index contributed by atoms with van der Waals surface area (Å²) in [6.07, 6.45) is 3.12. The Labute approximate surface area is 204 Å².